The molecule has 0 aliphatic rings. The Morgan fingerprint density at radius 3 is 2.67 bits per heavy atom. The fourth-order valence-corrected chi connectivity index (χ4v) is 2.27. The first-order chi connectivity index (χ1) is 9.77. The van der Waals surface area contributed by atoms with Crippen LogP contribution in [0.2, 0.25) is 0 Å². The number of aliphatic hydroxyl groups excluding tert-OH is 1. The molecule has 0 spiro atoms. The molecule has 21 heavy (non-hydrogen) atoms. The molecule has 2 N–H and O–H groups in total. The minimum Gasteiger partial charge on any atom is -0.391 e. The number of nitrogens with one attached hydrogen (secondary N) is 1. The molecule has 2 heterocycles. The van der Waals surface area contributed by atoms with Gasteiger partial charge in [0.1, 0.15) is 5.52 Å². The molecule has 0 fully saturated rings. The summed E-state index contributed by atoms with van der Waals surface area (Å²) in [6.45, 7) is 11.1. The second-order valence-electron chi connectivity index (χ2n) is 7.05. The molecule has 0 aliphatic heterocycles. The van der Waals surface area contributed by atoms with E-state index >= 15 is 0 Å². The van der Waals surface area contributed by atoms with E-state index in [1.807, 2.05) is 10.7 Å². The fourth-order valence-electron chi connectivity index (χ4n) is 2.27. The molecule has 0 saturated heterocycles. The first kappa shape index (κ1) is 15.8. The zero-order valence-electron chi connectivity index (χ0n) is 13.6. The fraction of sp³-hybridized carbons (Fsp3) is 0.625. The molecule has 0 saturated carbocycles. The first-order valence-electron chi connectivity index (χ1n) is 7.54. The normalized spacial score (nSPS) is 13.9. The molecule has 2 rings (SSSR count). The quantitative estimate of drug-likeness (QED) is 0.889. The summed E-state index contributed by atoms with van der Waals surface area (Å²) in [6, 6.07) is 2.06. The number of aromatic nitrogens is 3. The van der Waals surface area contributed by atoms with Crippen molar-refractivity contribution in [3.05, 3.63) is 24.2 Å². The summed E-state index contributed by atoms with van der Waals surface area (Å²) >= 11 is 0. The van der Waals surface area contributed by atoms with Gasteiger partial charge in [0, 0.05) is 24.4 Å². The van der Waals surface area contributed by atoms with E-state index < -0.39 is 0 Å². The predicted molar refractivity (Wildman–Crippen MR) is 85.6 cm³/mol. The van der Waals surface area contributed by atoms with E-state index in [0.29, 0.717) is 12.5 Å². The van der Waals surface area contributed by atoms with Gasteiger partial charge in [0.05, 0.1) is 11.8 Å². The van der Waals surface area contributed by atoms with Crippen molar-refractivity contribution >= 4 is 11.3 Å². The van der Waals surface area contributed by atoms with E-state index in [9.17, 15) is 5.11 Å². The van der Waals surface area contributed by atoms with Crippen molar-refractivity contribution < 1.29 is 5.11 Å². The molecule has 5 nitrogen and oxygen atoms in total. The van der Waals surface area contributed by atoms with Crippen molar-refractivity contribution in [2.45, 2.75) is 52.6 Å². The van der Waals surface area contributed by atoms with Crippen LogP contribution in [-0.4, -0.2) is 32.4 Å². The van der Waals surface area contributed by atoms with Crippen LogP contribution in [0.1, 0.15) is 46.7 Å². The highest BCUT2D eigenvalue weighted by Gasteiger charge is 2.19. The average molecular weight is 290 g/mol. The summed E-state index contributed by atoms with van der Waals surface area (Å²) in [5.74, 6) is 1.25. The summed E-state index contributed by atoms with van der Waals surface area (Å²) in [6.07, 6.45) is 3.99. The number of nitrogens with zero attached hydrogens (tertiary/aromatic N) is 3. The van der Waals surface area contributed by atoms with Crippen LogP contribution >= 0.6 is 0 Å². The zero-order valence-corrected chi connectivity index (χ0v) is 13.6. The highest BCUT2D eigenvalue weighted by Crippen LogP contribution is 2.24. The molecule has 116 valence electrons. The Labute approximate surface area is 126 Å². The van der Waals surface area contributed by atoms with Gasteiger partial charge in [-0.3, -0.25) is 0 Å². The molecule has 0 aliphatic carbocycles. The zero-order chi connectivity index (χ0) is 15.6. The summed E-state index contributed by atoms with van der Waals surface area (Å²) in [4.78, 5) is 4.37. The van der Waals surface area contributed by atoms with E-state index in [4.69, 9.17) is 0 Å². The standard InChI is InChI=1S/C16H26N4O/c1-11(2)8-12(21)10-18-15-13-9-14(16(3,4)5)19-20(13)7-6-17-15/h6-7,9,11-12,21H,8,10H2,1-5H3,(H,17,18). The van der Waals surface area contributed by atoms with Crippen molar-refractivity contribution in [3.63, 3.8) is 0 Å². The Hall–Kier alpha value is -1.62. The highest BCUT2D eigenvalue weighted by atomic mass is 16.3. The number of fused-ring (bicyclic) bond motifs is 1. The Bertz CT molecular complexity index is 598. The molecule has 2 aromatic rings. The van der Waals surface area contributed by atoms with Crippen LogP contribution in [0.3, 0.4) is 0 Å². The number of hydrogen-bond acceptors (Lipinski definition) is 4. The summed E-state index contributed by atoms with van der Waals surface area (Å²) in [5, 5.41) is 17.8. The first-order valence-corrected chi connectivity index (χ1v) is 7.54. The molecular weight excluding hydrogens is 264 g/mol. The molecule has 0 aromatic carbocycles. The van der Waals surface area contributed by atoms with Gasteiger partial charge >= 0.3 is 0 Å². The average Bonchev–Trinajstić information content (AvgIpc) is 2.79. The molecule has 0 bridgehead atoms. The molecule has 1 atom stereocenters. The monoisotopic (exact) mass is 290 g/mol. The van der Waals surface area contributed by atoms with Crippen molar-refractivity contribution in [2.75, 3.05) is 11.9 Å². The third kappa shape index (κ3) is 3.94. The third-order valence-electron chi connectivity index (χ3n) is 3.41. The lowest BCUT2D eigenvalue weighted by Gasteiger charge is -2.14. The van der Waals surface area contributed by atoms with E-state index in [2.05, 4.69) is 56.1 Å². The van der Waals surface area contributed by atoms with Crippen LogP contribution in [0.25, 0.3) is 5.52 Å². The van der Waals surface area contributed by atoms with E-state index in [0.717, 1.165) is 23.4 Å². The maximum atomic E-state index is 9.97. The Kier molecular flexibility index (Phi) is 4.52. The predicted octanol–water partition coefficient (Wildman–Crippen LogP) is 2.85. The molecular formula is C16H26N4O. The second kappa shape index (κ2) is 6.02. The summed E-state index contributed by atoms with van der Waals surface area (Å²) < 4.78 is 1.84. The van der Waals surface area contributed by atoms with E-state index in [1.165, 1.54) is 0 Å². The lowest BCUT2D eigenvalue weighted by atomic mass is 9.92. The lowest BCUT2D eigenvalue weighted by molar-refractivity contribution is 0.161. The van der Waals surface area contributed by atoms with Crippen LogP contribution in [0.4, 0.5) is 5.82 Å². The number of aliphatic hydroxyl groups is 1. The van der Waals surface area contributed by atoms with E-state index in [-0.39, 0.29) is 11.5 Å². The largest absolute Gasteiger partial charge is 0.391 e. The van der Waals surface area contributed by atoms with Gasteiger partial charge in [0.15, 0.2) is 5.82 Å². The second-order valence-corrected chi connectivity index (χ2v) is 7.05. The molecule has 2 aromatic heterocycles. The van der Waals surface area contributed by atoms with Crippen LogP contribution in [0, 0.1) is 5.92 Å². The highest BCUT2D eigenvalue weighted by molar-refractivity contribution is 5.68. The van der Waals surface area contributed by atoms with Gasteiger partial charge in [-0.15, -0.1) is 0 Å². The summed E-state index contributed by atoms with van der Waals surface area (Å²) in [5.41, 5.74) is 1.97. The van der Waals surface area contributed by atoms with Gasteiger partial charge in [-0.05, 0) is 18.4 Å². The topological polar surface area (TPSA) is 62.5 Å². The number of rotatable bonds is 5. The van der Waals surface area contributed by atoms with Gasteiger partial charge in [0.2, 0.25) is 0 Å². The molecule has 0 radical (unpaired) electrons. The van der Waals surface area contributed by atoms with Gasteiger partial charge in [-0.25, -0.2) is 9.50 Å². The van der Waals surface area contributed by atoms with Crippen LogP contribution < -0.4 is 5.32 Å². The number of anilines is 1. The summed E-state index contributed by atoms with van der Waals surface area (Å²) in [7, 11) is 0. The van der Waals surface area contributed by atoms with Crippen LogP contribution in [0.15, 0.2) is 18.5 Å². The van der Waals surface area contributed by atoms with Gasteiger partial charge < -0.3 is 10.4 Å². The third-order valence-corrected chi connectivity index (χ3v) is 3.41. The molecule has 5 heteroatoms. The number of hydrogen-bond donors (Lipinski definition) is 2. The lowest BCUT2D eigenvalue weighted by Crippen LogP contribution is -2.21. The van der Waals surface area contributed by atoms with Crippen molar-refractivity contribution in [1.29, 1.82) is 0 Å². The molecule has 0 amide bonds. The van der Waals surface area contributed by atoms with Gasteiger partial charge in [-0.2, -0.15) is 5.10 Å². The Morgan fingerprint density at radius 2 is 2.05 bits per heavy atom. The van der Waals surface area contributed by atoms with Crippen molar-refractivity contribution in [3.8, 4) is 0 Å². The van der Waals surface area contributed by atoms with Crippen molar-refractivity contribution in [2.24, 2.45) is 5.92 Å². The van der Waals surface area contributed by atoms with Gasteiger partial charge in [-0.1, -0.05) is 34.6 Å². The SMILES string of the molecule is CC(C)CC(O)CNc1nccn2nc(C(C)(C)C)cc12. The van der Waals surface area contributed by atoms with E-state index in [1.54, 1.807) is 6.20 Å². The van der Waals surface area contributed by atoms with Crippen LogP contribution in [-0.2, 0) is 5.41 Å². The van der Waals surface area contributed by atoms with Crippen LogP contribution in [0.5, 0.6) is 0 Å². The minimum atomic E-state index is -0.364. The smallest absolute Gasteiger partial charge is 0.152 e. The molecule has 1 unspecified atom stereocenters. The Balaban J connectivity index is 2.18. The van der Waals surface area contributed by atoms with Gasteiger partial charge in [0.25, 0.3) is 0 Å². The maximum absolute atomic E-state index is 9.97. The minimum absolute atomic E-state index is 0.000443. The van der Waals surface area contributed by atoms with Crippen molar-refractivity contribution in [1.82, 2.24) is 14.6 Å². The maximum Gasteiger partial charge on any atom is 0.152 e. The Morgan fingerprint density at radius 1 is 1.33 bits per heavy atom.